The summed E-state index contributed by atoms with van der Waals surface area (Å²) in [5.41, 5.74) is 3.93. The number of nitrogens with zero attached hydrogens (tertiary/aromatic N) is 4. The number of carbonyl (C=O) groups is 1. The lowest BCUT2D eigenvalue weighted by molar-refractivity contribution is -0.131. The molecule has 0 aliphatic carbocycles. The number of carbonyl (C=O) groups excluding carboxylic acids is 1. The number of amides is 1. The lowest BCUT2D eigenvalue weighted by Gasteiger charge is -2.37. The third kappa shape index (κ3) is 4.26. The number of nitrogens with one attached hydrogen (secondary N) is 1. The number of rotatable bonds is 6. The molecule has 1 aromatic carbocycles. The number of hydrogen-bond donors (Lipinski definition) is 1. The van der Waals surface area contributed by atoms with E-state index in [0.717, 1.165) is 48.6 Å². The fourth-order valence-electron chi connectivity index (χ4n) is 3.94. The molecule has 7 heteroatoms. The molecule has 3 heterocycles. The average Bonchev–Trinajstić information content (AvgIpc) is 3.20. The third-order valence-electron chi connectivity index (χ3n) is 5.91. The molecule has 30 heavy (non-hydrogen) atoms. The van der Waals surface area contributed by atoms with Gasteiger partial charge in [-0.25, -0.2) is 9.97 Å². The molecule has 1 fully saturated rings. The van der Waals surface area contributed by atoms with Gasteiger partial charge in [0.25, 0.3) is 0 Å². The predicted molar refractivity (Wildman–Crippen MR) is 125 cm³/mol. The van der Waals surface area contributed by atoms with Crippen molar-refractivity contribution in [3.05, 3.63) is 46.6 Å². The van der Waals surface area contributed by atoms with Gasteiger partial charge in [0, 0.05) is 49.7 Å². The van der Waals surface area contributed by atoms with Gasteiger partial charge < -0.3 is 15.1 Å². The quantitative estimate of drug-likeness (QED) is 0.649. The van der Waals surface area contributed by atoms with Crippen LogP contribution in [0.1, 0.15) is 29.3 Å². The van der Waals surface area contributed by atoms with Crippen LogP contribution in [-0.4, -0.2) is 53.5 Å². The first-order chi connectivity index (χ1) is 14.6. The summed E-state index contributed by atoms with van der Waals surface area (Å²) in [5.74, 6) is 1.02. The van der Waals surface area contributed by atoms with Crippen molar-refractivity contribution in [1.29, 1.82) is 0 Å². The Labute approximate surface area is 181 Å². The first kappa shape index (κ1) is 20.6. The van der Waals surface area contributed by atoms with Gasteiger partial charge in [-0.1, -0.05) is 19.1 Å². The van der Waals surface area contributed by atoms with Gasteiger partial charge in [0.2, 0.25) is 5.91 Å². The zero-order valence-corrected chi connectivity index (χ0v) is 18.8. The number of piperazine rings is 1. The minimum Gasteiger partial charge on any atom is -0.369 e. The van der Waals surface area contributed by atoms with Gasteiger partial charge in [-0.2, -0.15) is 0 Å². The van der Waals surface area contributed by atoms with Gasteiger partial charge in [-0.05, 0) is 43.5 Å². The van der Waals surface area contributed by atoms with Crippen LogP contribution in [0.4, 0.5) is 11.5 Å². The second kappa shape index (κ2) is 9.00. The number of aromatic nitrogens is 2. The molecule has 1 aliphatic heterocycles. The molecular weight excluding hydrogens is 394 g/mol. The molecule has 0 bridgehead atoms. The van der Waals surface area contributed by atoms with Crippen molar-refractivity contribution in [3.8, 4) is 0 Å². The van der Waals surface area contributed by atoms with Crippen molar-refractivity contribution in [2.45, 2.75) is 33.6 Å². The van der Waals surface area contributed by atoms with Crippen molar-refractivity contribution in [2.24, 2.45) is 0 Å². The van der Waals surface area contributed by atoms with Gasteiger partial charge >= 0.3 is 0 Å². The summed E-state index contributed by atoms with van der Waals surface area (Å²) in [4.78, 5) is 28.1. The lowest BCUT2D eigenvalue weighted by atomic mass is 10.1. The molecular formula is C23H29N5OS. The number of hydrogen-bond acceptors (Lipinski definition) is 6. The third-order valence-corrected chi connectivity index (χ3v) is 7.10. The van der Waals surface area contributed by atoms with Gasteiger partial charge in [0.1, 0.15) is 17.0 Å². The minimum atomic E-state index is 0.202. The molecule has 0 spiro atoms. The smallest absolute Gasteiger partial charge is 0.224 e. The Bertz CT molecular complexity index is 1040. The summed E-state index contributed by atoms with van der Waals surface area (Å²) in [6.45, 7) is 10.4. The molecule has 3 aromatic rings. The molecule has 1 saturated heterocycles. The molecule has 4 rings (SSSR count). The van der Waals surface area contributed by atoms with Crippen LogP contribution < -0.4 is 10.2 Å². The summed E-state index contributed by atoms with van der Waals surface area (Å²) >= 11 is 1.70. The maximum atomic E-state index is 12.7. The maximum Gasteiger partial charge on any atom is 0.224 e. The fraction of sp³-hybridized carbons (Fsp3) is 0.435. The summed E-state index contributed by atoms with van der Waals surface area (Å²) in [5, 5.41) is 4.39. The Morgan fingerprint density at radius 2 is 1.97 bits per heavy atom. The van der Waals surface area contributed by atoms with Crippen LogP contribution in [0.15, 0.2) is 30.6 Å². The van der Waals surface area contributed by atoms with E-state index in [1.807, 2.05) is 4.90 Å². The van der Waals surface area contributed by atoms with E-state index < -0.39 is 0 Å². The largest absolute Gasteiger partial charge is 0.369 e. The normalized spacial score (nSPS) is 14.4. The highest BCUT2D eigenvalue weighted by Gasteiger charge is 2.22. The molecule has 1 aliphatic rings. The van der Waals surface area contributed by atoms with Crippen LogP contribution in [0.5, 0.6) is 0 Å². The number of fused-ring (bicyclic) bond motifs is 1. The Balaban J connectivity index is 1.29. The Kier molecular flexibility index (Phi) is 6.18. The minimum absolute atomic E-state index is 0.202. The summed E-state index contributed by atoms with van der Waals surface area (Å²) in [6, 6.07) is 8.59. The van der Waals surface area contributed by atoms with E-state index in [9.17, 15) is 4.79 Å². The van der Waals surface area contributed by atoms with Gasteiger partial charge in [-0.3, -0.25) is 4.79 Å². The molecule has 0 saturated carbocycles. The lowest BCUT2D eigenvalue weighted by Crippen LogP contribution is -2.49. The molecule has 0 atom stereocenters. The molecule has 0 unspecified atom stereocenters. The van der Waals surface area contributed by atoms with Crippen LogP contribution >= 0.6 is 11.3 Å². The summed E-state index contributed by atoms with van der Waals surface area (Å²) in [6.07, 6.45) is 3.06. The highest BCUT2D eigenvalue weighted by atomic mass is 32.1. The van der Waals surface area contributed by atoms with Crippen LogP contribution in [0.2, 0.25) is 0 Å². The highest BCUT2D eigenvalue weighted by molar-refractivity contribution is 7.18. The monoisotopic (exact) mass is 423 g/mol. The first-order valence-corrected chi connectivity index (χ1v) is 11.4. The SMILES string of the molecule is CCc1cc2c(NCCC(=O)N3CCN(c4cccc(C)c4C)CC3)ncnc2s1. The van der Waals surface area contributed by atoms with E-state index in [2.05, 4.69) is 65.2 Å². The molecule has 0 radical (unpaired) electrons. The average molecular weight is 424 g/mol. The van der Waals surface area contributed by atoms with Crippen molar-refractivity contribution < 1.29 is 4.79 Å². The number of benzene rings is 1. The number of anilines is 2. The predicted octanol–water partition coefficient (Wildman–Crippen LogP) is 4.02. The summed E-state index contributed by atoms with van der Waals surface area (Å²) in [7, 11) is 0. The van der Waals surface area contributed by atoms with Crippen LogP contribution in [-0.2, 0) is 11.2 Å². The van der Waals surface area contributed by atoms with Crippen molar-refractivity contribution in [1.82, 2.24) is 14.9 Å². The van der Waals surface area contributed by atoms with Gasteiger partial charge in [0.05, 0.1) is 5.39 Å². The van der Waals surface area contributed by atoms with E-state index in [-0.39, 0.29) is 5.91 Å². The Morgan fingerprint density at radius 1 is 1.17 bits per heavy atom. The van der Waals surface area contributed by atoms with E-state index in [1.54, 1.807) is 17.7 Å². The molecule has 6 nitrogen and oxygen atoms in total. The Morgan fingerprint density at radius 3 is 2.73 bits per heavy atom. The zero-order valence-electron chi connectivity index (χ0n) is 17.9. The van der Waals surface area contributed by atoms with Crippen molar-refractivity contribution in [3.63, 3.8) is 0 Å². The Hall–Kier alpha value is -2.67. The first-order valence-electron chi connectivity index (χ1n) is 10.6. The standard InChI is InChI=1S/C23H29N5OS/c1-4-18-14-19-22(25-15-26-23(19)30-18)24-9-8-21(29)28-12-10-27(11-13-28)20-7-5-6-16(2)17(20)3/h5-7,14-15H,4,8-13H2,1-3H3,(H,24,25,26). The van der Waals surface area contributed by atoms with Crippen molar-refractivity contribution >= 4 is 39.0 Å². The second-order valence-corrected chi connectivity index (χ2v) is 8.89. The molecule has 1 N–H and O–H groups in total. The highest BCUT2D eigenvalue weighted by Crippen LogP contribution is 2.28. The number of thiophene rings is 1. The van der Waals surface area contributed by atoms with E-state index >= 15 is 0 Å². The van der Waals surface area contributed by atoms with Crippen LogP contribution in [0, 0.1) is 13.8 Å². The fourth-order valence-corrected chi connectivity index (χ4v) is 4.88. The second-order valence-electron chi connectivity index (χ2n) is 7.77. The van der Waals surface area contributed by atoms with Crippen LogP contribution in [0.25, 0.3) is 10.2 Å². The van der Waals surface area contributed by atoms with Gasteiger partial charge in [0.15, 0.2) is 0 Å². The zero-order chi connectivity index (χ0) is 21.1. The van der Waals surface area contributed by atoms with E-state index in [0.29, 0.717) is 13.0 Å². The molecule has 158 valence electrons. The van der Waals surface area contributed by atoms with Crippen LogP contribution in [0.3, 0.4) is 0 Å². The number of aryl methyl sites for hydroxylation is 2. The molecule has 2 aromatic heterocycles. The van der Waals surface area contributed by atoms with E-state index in [1.165, 1.54) is 21.7 Å². The topological polar surface area (TPSA) is 61.4 Å². The summed E-state index contributed by atoms with van der Waals surface area (Å²) < 4.78 is 0. The maximum absolute atomic E-state index is 12.7. The molecule has 1 amide bonds. The van der Waals surface area contributed by atoms with E-state index in [4.69, 9.17) is 0 Å². The van der Waals surface area contributed by atoms with Gasteiger partial charge in [-0.15, -0.1) is 11.3 Å². The van der Waals surface area contributed by atoms with Crippen molar-refractivity contribution in [2.75, 3.05) is 42.9 Å².